The van der Waals surface area contributed by atoms with Crippen LogP contribution in [0.3, 0.4) is 0 Å². The van der Waals surface area contributed by atoms with E-state index in [1.807, 2.05) is 0 Å². The van der Waals surface area contributed by atoms with E-state index in [4.69, 9.17) is 10.5 Å². The molecule has 1 aliphatic carbocycles. The molecule has 0 aromatic heterocycles. The zero-order valence-electron chi connectivity index (χ0n) is 11.5. The van der Waals surface area contributed by atoms with Gasteiger partial charge in [-0.2, -0.15) is 0 Å². The maximum atomic E-state index is 6.04. The van der Waals surface area contributed by atoms with Gasteiger partial charge in [0.05, 0.1) is 13.2 Å². The molecule has 2 fully saturated rings. The predicted molar refractivity (Wildman–Crippen MR) is 78.3 cm³/mol. The first kappa shape index (κ1) is 12.9. The predicted octanol–water partition coefficient (Wildman–Crippen LogP) is 2.41. The lowest BCUT2D eigenvalue weighted by molar-refractivity contribution is -0.0286. The highest BCUT2D eigenvalue weighted by atomic mass is 16.5. The fraction of sp³-hybridized carbons (Fsp3) is 0.625. The topological polar surface area (TPSA) is 38.5 Å². The smallest absolute Gasteiger partial charge is 0.0533 e. The van der Waals surface area contributed by atoms with Gasteiger partial charge in [0.2, 0.25) is 0 Å². The highest BCUT2D eigenvalue weighted by Crippen LogP contribution is 2.28. The third-order valence-corrected chi connectivity index (χ3v) is 4.43. The molecule has 1 saturated heterocycles. The van der Waals surface area contributed by atoms with Gasteiger partial charge in [-0.3, -0.25) is 0 Å². The molecule has 0 atom stereocenters. The summed E-state index contributed by atoms with van der Waals surface area (Å²) in [4.78, 5) is 2.60. The highest BCUT2D eigenvalue weighted by molar-refractivity contribution is 5.47. The van der Waals surface area contributed by atoms with Crippen molar-refractivity contribution >= 4 is 5.69 Å². The summed E-state index contributed by atoms with van der Waals surface area (Å²) in [7, 11) is 0. The number of rotatable bonds is 4. The summed E-state index contributed by atoms with van der Waals surface area (Å²) in [5, 5.41) is 0. The van der Waals surface area contributed by atoms with Crippen molar-refractivity contribution in [3.63, 3.8) is 0 Å². The Bertz CT molecular complexity index is 383. The summed E-state index contributed by atoms with van der Waals surface area (Å²) >= 11 is 0. The highest BCUT2D eigenvalue weighted by Gasteiger charge is 2.28. The number of ether oxygens (including phenoxy) is 1. The molecule has 0 unspecified atom stereocenters. The number of benzene rings is 1. The van der Waals surface area contributed by atoms with Crippen LogP contribution in [0.1, 0.15) is 25.7 Å². The number of hydrogen-bond acceptors (Lipinski definition) is 3. The first-order valence-electron chi connectivity index (χ1n) is 7.48. The van der Waals surface area contributed by atoms with Crippen LogP contribution >= 0.6 is 0 Å². The van der Waals surface area contributed by atoms with Gasteiger partial charge >= 0.3 is 0 Å². The molecule has 0 spiro atoms. The Kier molecular flexibility index (Phi) is 4.04. The van der Waals surface area contributed by atoms with E-state index in [0.29, 0.717) is 18.0 Å². The third kappa shape index (κ3) is 3.10. The lowest BCUT2D eigenvalue weighted by atomic mass is 9.89. The molecule has 19 heavy (non-hydrogen) atoms. The van der Waals surface area contributed by atoms with Crippen molar-refractivity contribution in [1.82, 2.24) is 0 Å². The molecular formula is C16H24N2O. The first-order chi connectivity index (χ1) is 9.33. The molecule has 1 aromatic rings. The van der Waals surface area contributed by atoms with Gasteiger partial charge in [-0.15, -0.1) is 0 Å². The van der Waals surface area contributed by atoms with Gasteiger partial charge in [0.1, 0.15) is 0 Å². The molecular weight excluding hydrogens is 236 g/mol. The van der Waals surface area contributed by atoms with Crippen LogP contribution in [0, 0.1) is 5.92 Å². The average molecular weight is 260 g/mol. The Morgan fingerprint density at radius 1 is 1.05 bits per heavy atom. The normalized spacial score (nSPS) is 27.8. The Labute approximate surface area is 115 Å². The second-order valence-electron chi connectivity index (χ2n) is 5.96. The SMILES string of the molecule is NC1CCC(N(CC2COC2)c2ccccc2)CC1. The maximum absolute atomic E-state index is 6.04. The number of para-hydroxylation sites is 1. The largest absolute Gasteiger partial charge is 0.381 e. The van der Waals surface area contributed by atoms with E-state index < -0.39 is 0 Å². The van der Waals surface area contributed by atoms with Gasteiger partial charge < -0.3 is 15.4 Å². The molecule has 3 nitrogen and oxygen atoms in total. The Morgan fingerprint density at radius 3 is 2.32 bits per heavy atom. The van der Waals surface area contributed by atoms with Crippen molar-refractivity contribution in [1.29, 1.82) is 0 Å². The van der Waals surface area contributed by atoms with Gasteiger partial charge in [-0.25, -0.2) is 0 Å². The van der Waals surface area contributed by atoms with Gasteiger partial charge in [0.15, 0.2) is 0 Å². The van der Waals surface area contributed by atoms with Crippen molar-refractivity contribution in [2.75, 3.05) is 24.7 Å². The Morgan fingerprint density at radius 2 is 1.74 bits per heavy atom. The third-order valence-electron chi connectivity index (χ3n) is 4.43. The zero-order valence-corrected chi connectivity index (χ0v) is 11.5. The van der Waals surface area contributed by atoms with Gasteiger partial charge in [-0.1, -0.05) is 18.2 Å². The summed E-state index contributed by atoms with van der Waals surface area (Å²) in [6.07, 6.45) is 4.78. The van der Waals surface area contributed by atoms with Crippen LogP contribution in [0.15, 0.2) is 30.3 Å². The van der Waals surface area contributed by atoms with Gasteiger partial charge in [-0.05, 0) is 37.8 Å². The lowest BCUT2D eigenvalue weighted by Crippen LogP contribution is -2.47. The van der Waals surface area contributed by atoms with Crippen molar-refractivity contribution < 1.29 is 4.74 Å². The fourth-order valence-electron chi connectivity index (χ4n) is 3.17. The fourth-order valence-corrected chi connectivity index (χ4v) is 3.17. The summed E-state index contributed by atoms with van der Waals surface area (Å²) in [5.74, 6) is 0.704. The second kappa shape index (κ2) is 5.93. The summed E-state index contributed by atoms with van der Waals surface area (Å²) in [5.41, 5.74) is 7.39. The number of nitrogens with zero attached hydrogens (tertiary/aromatic N) is 1. The molecule has 104 valence electrons. The molecule has 3 heteroatoms. The molecule has 2 aliphatic rings. The molecule has 1 heterocycles. The molecule has 1 saturated carbocycles. The first-order valence-corrected chi connectivity index (χ1v) is 7.48. The Balaban J connectivity index is 1.71. The second-order valence-corrected chi connectivity index (χ2v) is 5.96. The van der Waals surface area contributed by atoms with Crippen LogP contribution in [-0.4, -0.2) is 31.8 Å². The van der Waals surface area contributed by atoms with Crippen LogP contribution in [-0.2, 0) is 4.74 Å². The molecule has 2 N–H and O–H groups in total. The van der Waals surface area contributed by atoms with Crippen molar-refractivity contribution in [2.24, 2.45) is 11.7 Å². The minimum absolute atomic E-state index is 0.418. The van der Waals surface area contributed by atoms with Crippen LogP contribution in [0.2, 0.25) is 0 Å². The van der Waals surface area contributed by atoms with E-state index in [0.717, 1.165) is 32.6 Å². The van der Waals surface area contributed by atoms with E-state index in [1.54, 1.807) is 0 Å². The standard InChI is InChI=1S/C16H24N2O/c17-14-6-8-16(9-7-14)18(10-13-11-19-12-13)15-4-2-1-3-5-15/h1-5,13-14,16H,6-12,17H2. The van der Waals surface area contributed by atoms with E-state index in [2.05, 4.69) is 35.2 Å². The Hall–Kier alpha value is -1.06. The monoisotopic (exact) mass is 260 g/mol. The number of anilines is 1. The number of hydrogen-bond donors (Lipinski definition) is 1. The van der Waals surface area contributed by atoms with Gasteiger partial charge in [0, 0.05) is 30.2 Å². The lowest BCUT2D eigenvalue weighted by Gasteiger charge is -2.41. The van der Waals surface area contributed by atoms with Crippen LogP contribution in [0.5, 0.6) is 0 Å². The zero-order chi connectivity index (χ0) is 13.1. The molecule has 1 aliphatic heterocycles. The van der Waals surface area contributed by atoms with E-state index in [-0.39, 0.29) is 0 Å². The molecule has 3 rings (SSSR count). The van der Waals surface area contributed by atoms with E-state index in [1.165, 1.54) is 18.5 Å². The molecule has 0 amide bonds. The van der Waals surface area contributed by atoms with Crippen molar-refractivity contribution in [3.8, 4) is 0 Å². The van der Waals surface area contributed by atoms with Crippen LogP contribution in [0.4, 0.5) is 5.69 Å². The number of nitrogens with two attached hydrogens (primary N) is 1. The molecule has 0 radical (unpaired) electrons. The summed E-state index contributed by atoms with van der Waals surface area (Å²) in [6, 6.07) is 11.9. The van der Waals surface area contributed by atoms with Crippen LogP contribution < -0.4 is 10.6 Å². The minimum atomic E-state index is 0.418. The quantitative estimate of drug-likeness (QED) is 0.903. The van der Waals surface area contributed by atoms with Gasteiger partial charge in [0.25, 0.3) is 0 Å². The van der Waals surface area contributed by atoms with Crippen molar-refractivity contribution in [3.05, 3.63) is 30.3 Å². The average Bonchev–Trinajstić information content (AvgIpc) is 2.40. The van der Waals surface area contributed by atoms with E-state index in [9.17, 15) is 0 Å². The van der Waals surface area contributed by atoms with Crippen LogP contribution in [0.25, 0.3) is 0 Å². The van der Waals surface area contributed by atoms with Crippen molar-refractivity contribution in [2.45, 2.75) is 37.8 Å². The minimum Gasteiger partial charge on any atom is -0.381 e. The van der Waals surface area contributed by atoms with E-state index >= 15 is 0 Å². The summed E-state index contributed by atoms with van der Waals surface area (Å²) in [6.45, 7) is 2.98. The molecule has 0 bridgehead atoms. The molecule has 1 aromatic carbocycles. The summed E-state index contributed by atoms with van der Waals surface area (Å²) < 4.78 is 5.33. The maximum Gasteiger partial charge on any atom is 0.0533 e.